The van der Waals surface area contributed by atoms with E-state index in [0.29, 0.717) is 25.6 Å². The Hall–Kier alpha value is -3.28. The highest BCUT2D eigenvalue weighted by Gasteiger charge is 2.03. The monoisotopic (exact) mass is 378 g/mol. The summed E-state index contributed by atoms with van der Waals surface area (Å²) in [6.45, 7) is 5.84. The molecule has 6 heteroatoms. The lowest BCUT2D eigenvalue weighted by atomic mass is 10.2. The van der Waals surface area contributed by atoms with Crippen molar-refractivity contribution in [2.45, 2.75) is 26.9 Å². The summed E-state index contributed by atoms with van der Waals surface area (Å²) in [4.78, 5) is 12.1. The number of carbonyl (C=O) groups is 1. The van der Waals surface area contributed by atoms with Gasteiger partial charge in [0.05, 0.1) is 12.3 Å². The molecular weight excluding hydrogens is 352 g/mol. The summed E-state index contributed by atoms with van der Waals surface area (Å²) in [6, 6.07) is 17.4. The minimum absolute atomic E-state index is 0.204. The SMILES string of the molecule is CC(C)COc1ccc(CNC(=O)NCc2cccc(-n3cccn3)c2)cc1. The van der Waals surface area contributed by atoms with Gasteiger partial charge in [0, 0.05) is 25.5 Å². The molecule has 146 valence electrons. The molecule has 0 unspecified atom stereocenters. The van der Waals surface area contributed by atoms with Crippen molar-refractivity contribution in [1.29, 1.82) is 0 Å². The molecule has 1 aromatic heterocycles. The standard InChI is InChI=1S/C22H26N4O2/c1-17(2)16-28-21-9-7-18(8-10-21)14-23-22(27)24-15-19-5-3-6-20(13-19)26-12-4-11-25-26/h3-13,17H,14-16H2,1-2H3,(H2,23,24,27). The van der Waals surface area contributed by atoms with Crippen LogP contribution in [-0.2, 0) is 13.1 Å². The zero-order valence-corrected chi connectivity index (χ0v) is 16.3. The fourth-order valence-electron chi connectivity index (χ4n) is 2.62. The van der Waals surface area contributed by atoms with Crippen molar-refractivity contribution in [3.05, 3.63) is 78.1 Å². The lowest BCUT2D eigenvalue weighted by molar-refractivity contribution is 0.240. The van der Waals surface area contributed by atoms with Crippen LogP contribution in [0, 0.1) is 5.92 Å². The molecule has 0 atom stereocenters. The number of rotatable bonds is 8. The number of carbonyl (C=O) groups excluding carboxylic acids is 1. The zero-order chi connectivity index (χ0) is 19.8. The molecule has 3 rings (SSSR count). The van der Waals surface area contributed by atoms with E-state index in [1.165, 1.54) is 0 Å². The molecular formula is C22H26N4O2. The van der Waals surface area contributed by atoms with Gasteiger partial charge in [0.1, 0.15) is 5.75 Å². The van der Waals surface area contributed by atoms with Gasteiger partial charge in [0.25, 0.3) is 0 Å². The summed E-state index contributed by atoms with van der Waals surface area (Å²) in [5, 5.41) is 9.97. The molecule has 0 spiro atoms. The Labute approximate surface area is 165 Å². The Morgan fingerprint density at radius 2 is 1.79 bits per heavy atom. The van der Waals surface area contributed by atoms with E-state index in [0.717, 1.165) is 22.6 Å². The van der Waals surface area contributed by atoms with Crippen molar-refractivity contribution >= 4 is 6.03 Å². The smallest absolute Gasteiger partial charge is 0.315 e. The summed E-state index contributed by atoms with van der Waals surface area (Å²) >= 11 is 0. The van der Waals surface area contributed by atoms with E-state index in [-0.39, 0.29) is 6.03 Å². The van der Waals surface area contributed by atoms with Gasteiger partial charge in [-0.3, -0.25) is 0 Å². The number of benzene rings is 2. The lowest BCUT2D eigenvalue weighted by Gasteiger charge is -2.11. The number of hydrogen-bond acceptors (Lipinski definition) is 3. The van der Waals surface area contributed by atoms with Crippen molar-refractivity contribution in [2.24, 2.45) is 5.92 Å². The maximum atomic E-state index is 12.1. The van der Waals surface area contributed by atoms with Crippen LogP contribution in [0.5, 0.6) is 5.75 Å². The third-order valence-electron chi connectivity index (χ3n) is 4.09. The van der Waals surface area contributed by atoms with E-state index in [1.54, 1.807) is 10.9 Å². The van der Waals surface area contributed by atoms with Crippen LogP contribution in [0.1, 0.15) is 25.0 Å². The highest BCUT2D eigenvalue weighted by atomic mass is 16.5. The van der Waals surface area contributed by atoms with E-state index in [1.807, 2.05) is 60.8 Å². The number of ether oxygens (including phenoxy) is 1. The Balaban J connectivity index is 1.44. The molecule has 28 heavy (non-hydrogen) atoms. The topological polar surface area (TPSA) is 68.2 Å². The number of nitrogens with one attached hydrogen (secondary N) is 2. The molecule has 0 saturated carbocycles. The predicted octanol–water partition coefficient (Wildman–Crippen LogP) is 3.91. The average molecular weight is 378 g/mol. The van der Waals surface area contributed by atoms with Crippen molar-refractivity contribution in [3.8, 4) is 11.4 Å². The summed E-state index contributed by atoms with van der Waals surface area (Å²) < 4.78 is 7.46. The maximum Gasteiger partial charge on any atom is 0.315 e. The molecule has 0 radical (unpaired) electrons. The van der Waals surface area contributed by atoms with Gasteiger partial charge in [-0.05, 0) is 47.4 Å². The first-order valence-electron chi connectivity index (χ1n) is 9.42. The van der Waals surface area contributed by atoms with Crippen LogP contribution in [-0.4, -0.2) is 22.4 Å². The molecule has 0 aliphatic heterocycles. The summed E-state index contributed by atoms with van der Waals surface area (Å²) in [5.41, 5.74) is 2.99. The highest BCUT2D eigenvalue weighted by molar-refractivity contribution is 5.73. The lowest BCUT2D eigenvalue weighted by Crippen LogP contribution is -2.34. The quantitative estimate of drug-likeness (QED) is 0.624. The normalized spacial score (nSPS) is 10.7. The fraction of sp³-hybridized carbons (Fsp3) is 0.273. The number of nitrogens with zero attached hydrogens (tertiary/aromatic N) is 2. The highest BCUT2D eigenvalue weighted by Crippen LogP contribution is 2.13. The van der Waals surface area contributed by atoms with Gasteiger partial charge in [-0.15, -0.1) is 0 Å². The van der Waals surface area contributed by atoms with Gasteiger partial charge in [-0.1, -0.05) is 38.1 Å². The van der Waals surface area contributed by atoms with Crippen LogP contribution in [0.4, 0.5) is 4.79 Å². The zero-order valence-electron chi connectivity index (χ0n) is 16.3. The van der Waals surface area contributed by atoms with E-state index >= 15 is 0 Å². The van der Waals surface area contributed by atoms with Crippen molar-refractivity contribution < 1.29 is 9.53 Å². The Bertz CT molecular complexity index is 874. The minimum Gasteiger partial charge on any atom is -0.493 e. The van der Waals surface area contributed by atoms with Crippen LogP contribution < -0.4 is 15.4 Å². The van der Waals surface area contributed by atoms with E-state index in [2.05, 4.69) is 29.6 Å². The van der Waals surface area contributed by atoms with Gasteiger partial charge in [0.2, 0.25) is 0 Å². The van der Waals surface area contributed by atoms with Crippen molar-refractivity contribution in [1.82, 2.24) is 20.4 Å². The van der Waals surface area contributed by atoms with Gasteiger partial charge in [0.15, 0.2) is 0 Å². The Morgan fingerprint density at radius 1 is 1.04 bits per heavy atom. The van der Waals surface area contributed by atoms with Crippen LogP contribution in [0.3, 0.4) is 0 Å². The van der Waals surface area contributed by atoms with Crippen molar-refractivity contribution in [3.63, 3.8) is 0 Å². The van der Waals surface area contributed by atoms with E-state index in [9.17, 15) is 4.79 Å². The first-order chi connectivity index (χ1) is 13.6. The number of amides is 2. The van der Waals surface area contributed by atoms with Gasteiger partial charge < -0.3 is 15.4 Å². The molecule has 3 aromatic rings. The van der Waals surface area contributed by atoms with E-state index in [4.69, 9.17) is 4.74 Å². The summed E-state index contributed by atoms with van der Waals surface area (Å²) in [5.74, 6) is 1.34. The fourth-order valence-corrected chi connectivity index (χ4v) is 2.62. The number of aromatic nitrogens is 2. The average Bonchev–Trinajstić information content (AvgIpc) is 3.25. The minimum atomic E-state index is -0.204. The largest absolute Gasteiger partial charge is 0.493 e. The molecule has 2 amide bonds. The maximum absolute atomic E-state index is 12.1. The second-order valence-corrected chi connectivity index (χ2v) is 7.01. The first kappa shape index (κ1) is 19.5. The number of hydrogen-bond donors (Lipinski definition) is 2. The van der Waals surface area contributed by atoms with Crippen LogP contribution in [0.15, 0.2) is 67.0 Å². The molecule has 2 N–H and O–H groups in total. The van der Waals surface area contributed by atoms with E-state index < -0.39 is 0 Å². The molecule has 6 nitrogen and oxygen atoms in total. The molecule has 0 saturated heterocycles. The van der Waals surface area contributed by atoms with Crippen LogP contribution in [0.25, 0.3) is 5.69 Å². The molecule has 0 fully saturated rings. The third-order valence-corrected chi connectivity index (χ3v) is 4.09. The van der Waals surface area contributed by atoms with Crippen molar-refractivity contribution in [2.75, 3.05) is 6.61 Å². The molecule has 0 aliphatic carbocycles. The Morgan fingerprint density at radius 3 is 2.46 bits per heavy atom. The summed E-state index contributed by atoms with van der Waals surface area (Å²) in [7, 11) is 0. The van der Waals surface area contributed by atoms with Crippen LogP contribution >= 0.6 is 0 Å². The van der Waals surface area contributed by atoms with Crippen LogP contribution in [0.2, 0.25) is 0 Å². The second kappa shape index (κ2) is 9.60. The number of urea groups is 1. The molecule has 1 heterocycles. The Kier molecular flexibility index (Phi) is 6.68. The van der Waals surface area contributed by atoms with Gasteiger partial charge >= 0.3 is 6.03 Å². The molecule has 0 bridgehead atoms. The van der Waals surface area contributed by atoms with Gasteiger partial charge in [-0.25, -0.2) is 9.48 Å². The van der Waals surface area contributed by atoms with Gasteiger partial charge in [-0.2, -0.15) is 5.10 Å². The first-order valence-corrected chi connectivity index (χ1v) is 9.42. The summed E-state index contributed by atoms with van der Waals surface area (Å²) in [6.07, 6.45) is 3.62. The molecule has 0 aliphatic rings. The predicted molar refractivity (Wildman–Crippen MR) is 109 cm³/mol. The molecule has 2 aromatic carbocycles. The third kappa shape index (κ3) is 5.87. The second-order valence-electron chi connectivity index (χ2n) is 7.01.